The molecule has 1 aromatic carbocycles. The Balaban J connectivity index is 2.36. The molecule has 1 fully saturated rings. The molecule has 0 saturated heterocycles. The van der Waals surface area contributed by atoms with Crippen LogP contribution < -0.4 is 0 Å². The van der Waals surface area contributed by atoms with Crippen LogP contribution in [0.2, 0.25) is 0 Å². The Bertz CT molecular complexity index is 558. The first-order valence-corrected chi connectivity index (χ1v) is 6.84. The smallest absolute Gasteiger partial charge is 0.407 e. The van der Waals surface area contributed by atoms with Gasteiger partial charge in [0.05, 0.1) is 6.54 Å². The van der Waals surface area contributed by atoms with E-state index in [1.165, 1.54) is 0 Å². The van der Waals surface area contributed by atoms with Crippen molar-refractivity contribution in [3.63, 3.8) is 0 Å². The van der Waals surface area contributed by atoms with E-state index in [0.717, 1.165) is 24.2 Å². The summed E-state index contributed by atoms with van der Waals surface area (Å²) in [5, 5.41) is 9.18. The second-order valence-electron chi connectivity index (χ2n) is 5.25. The molecule has 3 nitrogen and oxygen atoms in total. The molecular formula is C14H14F5NO2. The van der Waals surface area contributed by atoms with Crippen molar-refractivity contribution < 1.29 is 31.9 Å². The van der Waals surface area contributed by atoms with Crippen molar-refractivity contribution in [2.45, 2.75) is 44.7 Å². The van der Waals surface area contributed by atoms with Gasteiger partial charge in [0.25, 0.3) is 0 Å². The van der Waals surface area contributed by atoms with Gasteiger partial charge in [0, 0.05) is 11.6 Å². The van der Waals surface area contributed by atoms with Gasteiger partial charge in [-0.3, -0.25) is 0 Å². The van der Waals surface area contributed by atoms with Crippen LogP contribution in [0.3, 0.4) is 0 Å². The Labute approximate surface area is 123 Å². The summed E-state index contributed by atoms with van der Waals surface area (Å²) in [6, 6.07) is -0.485. The molecule has 1 saturated carbocycles. The number of hydrogen-bond donors (Lipinski definition) is 1. The summed E-state index contributed by atoms with van der Waals surface area (Å²) < 4.78 is 66.6. The molecule has 22 heavy (non-hydrogen) atoms. The van der Waals surface area contributed by atoms with Gasteiger partial charge in [0.1, 0.15) is 0 Å². The maximum Gasteiger partial charge on any atom is 0.407 e. The third-order valence-electron chi connectivity index (χ3n) is 3.89. The highest BCUT2D eigenvalue weighted by atomic mass is 19.2. The lowest BCUT2D eigenvalue weighted by molar-refractivity contribution is 0.105. The van der Waals surface area contributed by atoms with Crippen molar-refractivity contribution in [3.05, 3.63) is 34.6 Å². The average Bonchev–Trinajstić information content (AvgIpc) is 2.51. The van der Waals surface area contributed by atoms with Crippen LogP contribution in [-0.4, -0.2) is 22.1 Å². The number of halogens is 5. The van der Waals surface area contributed by atoms with Gasteiger partial charge in [-0.25, -0.2) is 26.7 Å². The first-order valence-electron chi connectivity index (χ1n) is 6.84. The minimum atomic E-state index is -2.25. The molecule has 0 spiro atoms. The summed E-state index contributed by atoms with van der Waals surface area (Å²) in [6.07, 6.45) is 1.99. The Hall–Kier alpha value is -1.86. The molecule has 0 aliphatic heterocycles. The maximum atomic E-state index is 13.7. The van der Waals surface area contributed by atoms with E-state index in [1.54, 1.807) is 0 Å². The predicted molar refractivity (Wildman–Crippen MR) is 66.7 cm³/mol. The zero-order valence-electron chi connectivity index (χ0n) is 11.5. The third kappa shape index (κ3) is 3.00. The molecule has 0 heterocycles. The molecule has 0 radical (unpaired) electrons. The van der Waals surface area contributed by atoms with Crippen molar-refractivity contribution in [2.24, 2.45) is 0 Å². The van der Waals surface area contributed by atoms with Gasteiger partial charge in [-0.1, -0.05) is 19.3 Å². The van der Waals surface area contributed by atoms with Crippen LogP contribution in [0.4, 0.5) is 26.7 Å². The Morgan fingerprint density at radius 3 is 1.82 bits per heavy atom. The van der Waals surface area contributed by atoms with E-state index in [-0.39, 0.29) is 0 Å². The second kappa shape index (κ2) is 6.50. The first-order chi connectivity index (χ1) is 10.3. The quantitative estimate of drug-likeness (QED) is 0.515. The van der Waals surface area contributed by atoms with Gasteiger partial charge in [-0.2, -0.15) is 0 Å². The van der Waals surface area contributed by atoms with Gasteiger partial charge in [0.15, 0.2) is 23.3 Å². The van der Waals surface area contributed by atoms with Crippen molar-refractivity contribution >= 4 is 6.09 Å². The summed E-state index contributed by atoms with van der Waals surface area (Å²) in [4.78, 5) is 12.0. The highest BCUT2D eigenvalue weighted by Crippen LogP contribution is 2.28. The largest absolute Gasteiger partial charge is 0.465 e. The van der Waals surface area contributed by atoms with Crippen LogP contribution >= 0.6 is 0 Å². The number of nitrogens with zero attached hydrogens (tertiary/aromatic N) is 1. The molecule has 0 bridgehead atoms. The number of benzene rings is 1. The minimum absolute atomic E-state index is 0.485. The van der Waals surface area contributed by atoms with Crippen LogP contribution in [0.15, 0.2) is 0 Å². The van der Waals surface area contributed by atoms with Crippen LogP contribution in [0.1, 0.15) is 37.7 Å². The van der Waals surface area contributed by atoms with E-state index < -0.39 is 53.3 Å². The standard InChI is InChI=1S/C14H14F5NO2/c15-9-8(10(16)12(18)13(19)11(9)17)6-20(14(21)22)7-4-2-1-3-5-7/h7H,1-6H2,(H,21,22). The van der Waals surface area contributed by atoms with Gasteiger partial charge in [-0.05, 0) is 12.8 Å². The molecular weight excluding hydrogens is 309 g/mol. The van der Waals surface area contributed by atoms with Crippen molar-refractivity contribution in [1.82, 2.24) is 4.90 Å². The van der Waals surface area contributed by atoms with E-state index in [4.69, 9.17) is 0 Å². The number of carboxylic acid groups (broad SMARTS) is 1. The lowest BCUT2D eigenvalue weighted by Gasteiger charge is -2.32. The Kier molecular flexibility index (Phi) is 4.87. The molecule has 1 amide bonds. The lowest BCUT2D eigenvalue weighted by Crippen LogP contribution is -2.40. The zero-order valence-corrected chi connectivity index (χ0v) is 11.5. The minimum Gasteiger partial charge on any atom is -0.465 e. The lowest BCUT2D eigenvalue weighted by atomic mass is 9.94. The fourth-order valence-electron chi connectivity index (χ4n) is 2.71. The average molecular weight is 323 g/mol. The van der Waals surface area contributed by atoms with Gasteiger partial charge < -0.3 is 10.0 Å². The molecule has 0 unspecified atom stereocenters. The number of hydrogen-bond acceptors (Lipinski definition) is 1. The van der Waals surface area contributed by atoms with Gasteiger partial charge in [-0.15, -0.1) is 0 Å². The summed E-state index contributed by atoms with van der Waals surface area (Å²) in [5.41, 5.74) is -1.12. The first kappa shape index (κ1) is 16.5. The van der Waals surface area contributed by atoms with Crippen molar-refractivity contribution in [1.29, 1.82) is 0 Å². The summed E-state index contributed by atoms with van der Waals surface area (Å²) in [6.45, 7) is -0.869. The highest BCUT2D eigenvalue weighted by molar-refractivity contribution is 5.65. The molecule has 8 heteroatoms. The fraction of sp³-hybridized carbons (Fsp3) is 0.500. The molecule has 2 rings (SSSR count). The van der Waals surface area contributed by atoms with Crippen LogP contribution in [-0.2, 0) is 6.54 Å². The van der Waals surface area contributed by atoms with E-state index in [2.05, 4.69) is 0 Å². The normalized spacial score (nSPS) is 15.9. The molecule has 0 atom stereocenters. The van der Waals surface area contributed by atoms with Gasteiger partial charge in [0.2, 0.25) is 5.82 Å². The summed E-state index contributed by atoms with van der Waals surface area (Å²) >= 11 is 0. The number of rotatable bonds is 3. The highest BCUT2D eigenvalue weighted by Gasteiger charge is 2.31. The topological polar surface area (TPSA) is 40.5 Å². The maximum absolute atomic E-state index is 13.7. The second-order valence-corrected chi connectivity index (χ2v) is 5.25. The predicted octanol–water partition coefficient (Wildman–Crippen LogP) is 4.19. The summed E-state index contributed by atoms with van der Waals surface area (Å²) in [7, 11) is 0. The summed E-state index contributed by atoms with van der Waals surface area (Å²) in [5.74, 6) is -10.4. The number of amides is 1. The SMILES string of the molecule is O=C(O)N(Cc1c(F)c(F)c(F)c(F)c1F)C1CCCCC1. The number of carbonyl (C=O) groups is 1. The van der Waals surface area contributed by atoms with E-state index in [1.807, 2.05) is 0 Å². The van der Waals surface area contributed by atoms with E-state index in [9.17, 15) is 31.9 Å². The molecule has 1 N–H and O–H groups in total. The van der Waals surface area contributed by atoms with Crippen LogP contribution in [0, 0.1) is 29.1 Å². The Morgan fingerprint density at radius 1 is 0.909 bits per heavy atom. The van der Waals surface area contributed by atoms with Crippen LogP contribution in [0.5, 0.6) is 0 Å². The molecule has 0 aromatic heterocycles. The fourth-order valence-corrected chi connectivity index (χ4v) is 2.71. The molecule has 1 aliphatic carbocycles. The molecule has 122 valence electrons. The Morgan fingerprint density at radius 2 is 1.36 bits per heavy atom. The monoisotopic (exact) mass is 323 g/mol. The van der Waals surface area contributed by atoms with Crippen molar-refractivity contribution in [2.75, 3.05) is 0 Å². The van der Waals surface area contributed by atoms with Crippen LogP contribution in [0.25, 0.3) is 0 Å². The van der Waals surface area contributed by atoms with E-state index >= 15 is 0 Å². The third-order valence-corrected chi connectivity index (χ3v) is 3.89. The molecule has 1 aliphatic rings. The van der Waals surface area contributed by atoms with Crippen molar-refractivity contribution in [3.8, 4) is 0 Å². The van der Waals surface area contributed by atoms with Gasteiger partial charge >= 0.3 is 6.09 Å². The van der Waals surface area contributed by atoms with E-state index in [0.29, 0.717) is 12.8 Å². The zero-order chi connectivity index (χ0) is 16.4. The molecule has 1 aromatic rings.